The Morgan fingerprint density at radius 2 is 1.56 bits per heavy atom. The highest BCUT2D eigenvalue weighted by molar-refractivity contribution is 6.32. The second-order valence-corrected chi connectivity index (χ2v) is 5.77. The van der Waals surface area contributed by atoms with Gasteiger partial charge in [0.25, 0.3) is 0 Å². The van der Waals surface area contributed by atoms with Gasteiger partial charge in [0.05, 0.1) is 0 Å². The molecule has 18 heavy (non-hydrogen) atoms. The first-order chi connectivity index (χ1) is 8.68. The molecule has 2 atom stereocenters. The van der Waals surface area contributed by atoms with Crippen LogP contribution < -0.4 is 0 Å². The normalized spacial score (nSPS) is 21.9. The summed E-state index contributed by atoms with van der Waals surface area (Å²) in [5, 5.41) is 1.73. The van der Waals surface area contributed by atoms with Crippen LogP contribution in [0.4, 0.5) is 0 Å². The van der Waals surface area contributed by atoms with E-state index in [9.17, 15) is 0 Å². The second-order valence-electron chi connectivity index (χ2n) is 4.95. The zero-order valence-corrected chi connectivity index (χ0v) is 11.7. The van der Waals surface area contributed by atoms with Gasteiger partial charge in [-0.1, -0.05) is 60.5 Å². The molecule has 2 aromatic carbocycles. The van der Waals surface area contributed by atoms with Crippen LogP contribution in [0.2, 0.25) is 10.0 Å². The lowest BCUT2D eigenvalue weighted by atomic mass is 9.93. The highest BCUT2D eigenvalue weighted by atomic mass is 35.5. The van der Waals surface area contributed by atoms with E-state index in [-0.39, 0.29) is 0 Å². The Morgan fingerprint density at radius 1 is 0.889 bits per heavy atom. The molecular formula is C16H14Cl2. The van der Waals surface area contributed by atoms with E-state index in [1.165, 1.54) is 16.7 Å². The molecule has 0 nitrogen and oxygen atoms in total. The van der Waals surface area contributed by atoms with Crippen LogP contribution in [0.15, 0.2) is 42.5 Å². The fraction of sp³-hybridized carbons (Fsp3) is 0.250. The van der Waals surface area contributed by atoms with Gasteiger partial charge in [-0.05, 0) is 41.2 Å². The van der Waals surface area contributed by atoms with Crippen molar-refractivity contribution < 1.29 is 0 Å². The molecular weight excluding hydrogens is 263 g/mol. The summed E-state index contributed by atoms with van der Waals surface area (Å²) in [5.41, 5.74) is 3.85. The Hall–Kier alpha value is -0.980. The number of fused-ring (bicyclic) bond motifs is 1. The summed E-state index contributed by atoms with van der Waals surface area (Å²) >= 11 is 12.6. The van der Waals surface area contributed by atoms with Crippen molar-refractivity contribution in [2.24, 2.45) is 0 Å². The molecule has 0 N–H and O–H groups in total. The molecule has 1 aliphatic carbocycles. The third-order valence-corrected chi connectivity index (χ3v) is 4.50. The second kappa shape index (κ2) is 4.60. The van der Waals surface area contributed by atoms with Crippen molar-refractivity contribution in [3.8, 4) is 0 Å². The Kier molecular flexibility index (Phi) is 3.09. The van der Waals surface area contributed by atoms with Gasteiger partial charge in [-0.3, -0.25) is 0 Å². The van der Waals surface area contributed by atoms with Crippen molar-refractivity contribution in [2.45, 2.75) is 25.2 Å². The van der Waals surface area contributed by atoms with Crippen molar-refractivity contribution in [3.05, 3.63) is 69.2 Å². The van der Waals surface area contributed by atoms with Crippen LogP contribution >= 0.6 is 23.2 Å². The number of benzene rings is 2. The lowest BCUT2D eigenvalue weighted by molar-refractivity contribution is 0.686. The molecule has 0 saturated carbocycles. The predicted octanol–water partition coefficient (Wildman–Crippen LogP) is 5.63. The average Bonchev–Trinajstić information content (AvgIpc) is 2.69. The molecule has 92 valence electrons. The topological polar surface area (TPSA) is 0 Å². The molecule has 1 aliphatic rings. The standard InChI is InChI=1S/C16H14Cl2/c1-10-9-13(11-5-2-3-7-14(11)17)12-6-4-8-15(18)16(10)12/h2-8,10,13H,9H2,1H3. The lowest BCUT2D eigenvalue weighted by Crippen LogP contribution is -1.97. The van der Waals surface area contributed by atoms with E-state index in [1.807, 2.05) is 24.3 Å². The summed E-state index contributed by atoms with van der Waals surface area (Å²) < 4.78 is 0. The Bertz CT molecular complexity index is 589. The molecule has 0 heterocycles. The zero-order valence-electron chi connectivity index (χ0n) is 10.2. The van der Waals surface area contributed by atoms with Gasteiger partial charge >= 0.3 is 0 Å². The molecule has 0 bridgehead atoms. The molecule has 2 aromatic rings. The van der Waals surface area contributed by atoms with Crippen LogP contribution in [-0.4, -0.2) is 0 Å². The fourth-order valence-electron chi connectivity index (χ4n) is 3.03. The number of halogens is 2. The van der Waals surface area contributed by atoms with Gasteiger partial charge in [0.2, 0.25) is 0 Å². The molecule has 0 spiro atoms. The van der Waals surface area contributed by atoms with Gasteiger partial charge in [0.1, 0.15) is 0 Å². The van der Waals surface area contributed by atoms with Crippen LogP contribution in [0.5, 0.6) is 0 Å². The van der Waals surface area contributed by atoms with E-state index >= 15 is 0 Å². The first-order valence-electron chi connectivity index (χ1n) is 6.21. The largest absolute Gasteiger partial charge is 0.0840 e. The van der Waals surface area contributed by atoms with Gasteiger partial charge in [0.15, 0.2) is 0 Å². The van der Waals surface area contributed by atoms with Crippen molar-refractivity contribution in [1.82, 2.24) is 0 Å². The van der Waals surface area contributed by atoms with E-state index in [0.717, 1.165) is 16.5 Å². The Morgan fingerprint density at radius 3 is 2.33 bits per heavy atom. The van der Waals surface area contributed by atoms with E-state index in [2.05, 4.69) is 25.1 Å². The SMILES string of the molecule is CC1CC(c2ccccc2Cl)c2cccc(Cl)c21. The third-order valence-electron chi connectivity index (χ3n) is 3.82. The monoisotopic (exact) mass is 276 g/mol. The van der Waals surface area contributed by atoms with Crippen LogP contribution in [0.1, 0.15) is 41.9 Å². The van der Waals surface area contributed by atoms with Gasteiger partial charge in [-0.2, -0.15) is 0 Å². The van der Waals surface area contributed by atoms with Crippen LogP contribution in [0, 0.1) is 0 Å². The van der Waals surface area contributed by atoms with Gasteiger partial charge < -0.3 is 0 Å². The molecule has 3 rings (SSSR count). The fourth-order valence-corrected chi connectivity index (χ4v) is 3.66. The van der Waals surface area contributed by atoms with E-state index < -0.39 is 0 Å². The lowest BCUT2D eigenvalue weighted by Gasteiger charge is -2.13. The van der Waals surface area contributed by atoms with E-state index in [1.54, 1.807) is 0 Å². The minimum Gasteiger partial charge on any atom is -0.0840 e. The maximum absolute atomic E-state index is 6.33. The summed E-state index contributed by atoms with van der Waals surface area (Å²) in [7, 11) is 0. The molecule has 0 aromatic heterocycles. The zero-order chi connectivity index (χ0) is 12.7. The van der Waals surface area contributed by atoms with Crippen LogP contribution in [-0.2, 0) is 0 Å². The smallest absolute Gasteiger partial charge is 0.0444 e. The van der Waals surface area contributed by atoms with E-state index in [4.69, 9.17) is 23.2 Å². The van der Waals surface area contributed by atoms with Crippen molar-refractivity contribution >= 4 is 23.2 Å². The van der Waals surface area contributed by atoms with Crippen molar-refractivity contribution in [3.63, 3.8) is 0 Å². The average molecular weight is 277 g/mol. The Balaban J connectivity index is 2.14. The molecule has 0 amide bonds. The first kappa shape index (κ1) is 12.1. The van der Waals surface area contributed by atoms with Crippen molar-refractivity contribution in [1.29, 1.82) is 0 Å². The van der Waals surface area contributed by atoms with Crippen LogP contribution in [0.3, 0.4) is 0 Å². The van der Waals surface area contributed by atoms with Crippen molar-refractivity contribution in [2.75, 3.05) is 0 Å². The molecule has 0 radical (unpaired) electrons. The predicted molar refractivity (Wildman–Crippen MR) is 77.8 cm³/mol. The molecule has 0 aliphatic heterocycles. The quantitative estimate of drug-likeness (QED) is 0.633. The highest BCUT2D eigenvalue weighted by Gasteiger charge is 2.31. The van der Waals surface area contributed by atoms with Gasteiger partial charge in [-0.15, -0.1) is 0 Å². The number of rotatable bonds is 1. The first-order valence-corrected chi connectivity index (χ1v) is 6.97. The highest BCUT2D eigenvalue weighted by Crippen LogP contribution is 2.48. The minimum absolute atomic E-state index is 0.377. The summed E-state index contributed by atoms with van der Waals surface area (Å²) in [5.74, 6) is 0.873. The van der Waals surface area contributed by atoms with Crippen LogP contribution in [0.25, 0.3) is 0 Å². The summed E-state index contributed by atoms with van der Waals surface area (Å²) in [4.78, 5) is 0. The third kappa shape index (κ3) is 1.84. The van der Waals surface area contributed by atoms with Gasteiger partial charge in [-0.25, -0.2) is 0 Å². The molecule has 2 unspecified atom stereocenters. The summed E-state index contributed by atoms with van der Waals surface area (Å²) in [6.07, 6.45) is 1.09. The maximum Gasteiger partial charge on any atom is 0.0444 e. The summed E-state index contributed by atoms with van der Waals surface area (Å²) in [6.45, 7) is 2.24. The summed E-state index contributed by atoms with van der Waals surface area (Å²) in [6, 6.07) is 14.3. The number of hydrogen-bond acceptors (Lipinski definition) is 0. The molecule has 0 fully saturated rings. The number of hydrogen-bond donors (Lipinski definition) is 0. The minimum atomic E-state index is 0.377. The Labute approximate surface area is 118 Å². The molecule has 2 heteroatoms. The van der Waals surface area contributed by atoms with Gasteiger partial charge in [0, 0.05) is 16.0 Å². The maximum atomic E-state index is 6.33. The van der Waals surface area contributed by atoms with E-state index in [0.29, 0.717) is 11.8 Å². The molecule has 0 saturated heterocycles.